The molecule has 2 aromatic carbocycles. The van der Waals surface area contributed by atoms with Crippen molar-refractivity contribution in [2.75, 3.05) is 4.90 Å². The Morgan fingerprint density at radius 3 is 2.20 bits per heavy atom. The van der Waals surface area contributed by atoms with E-state index in [4.69, 9.17) is 4.74 Å². The number of ether oxygens (including phenoxy) is 1. The molecule has 4 aliphatic carbocycles. The van der Waals surface area contributed by atoms with Gasteiger partial charge >= 0.3 is 5.97 Å². The number of esters is 1. The maximum Gasteiger partial charge on any atom is 0.343 e. The molecule has 2 saturated carbocycles. The summed E-state index contributed by atoms with van der Waals surface area (Å²) >= 11 is 3.34. The van der Waals surface area contributed by atoms with E-state index in [2.05, 4.69) is 28.1 Å². The average molecular weight is 464 g/mol. The number of nitrogens with zero attached hydrogens (tertiary/aromatic N) is 1. The van der Waals surface area contributed by atoms with Crippen LogP contribution in [-0.4, -0.2) is 17.8 Å². The Hall–Kier alpha value is -2.73. The van der Waals surface area contributed by atoms with Crippen LogP contribution in [-0.2, 0) is 9.59 Å². The molecule has 7 rings (SSSR count). The van der Waals surface area contributed by atoms with Crippen molar-refractivity contribution in [3.8, 4) is 5.75 Å². The summed E-state index contributed by atoms with van der Waals surface area (Å²) < 4.78 is 6.36. The van der Waals surface area contributed by atoms with Crippen molar-refractivity contribution >= 4 is 39.4 Å². The molecular weight excluding hydrogens is 446 g/mol. The van der Waals surface area contributed by atoms with Gasteiger partial charge in [0, 0.05) is 10.5 Å². The first kappa shape index (κ1) is 18.1. The number of amides is 2. The number of rotatable bonds is 3. The molecule has 2 aromatic rings. The standard InChI is InChI=1S/C24H18BrNO4/c25-13-6-4-12(5-7-13)24(29)30-15-3-1-2-14(10-15)26-22(27)20-16-8-9-17(19-11-18(16)19)21(20)23(26)28/h1-10,16-21H,11H2/t16-,17-,18-,19-,20+,21+/m0/s1. The average Bonchev–Trinajstić information content (AvgIpc) is 3.52. The molecule has 2 bridgehead atoms. The zero-order chi connectivity index (χ0) is 20.6. The van der Waals surface area contributed by atoms with Gasteiger partial charge in [-0.05, 0) is 66.5 Å². The normalized spacial score (nSPS) is 32.8. The lowest BCUT2D eigenvalue weighted by molar-refractivity contribution is -0.124. The molecule has 0 radical (unpaired) electrons. The van der Waals surface area contributed by atoms with E-state index in [0.29, 0.717) is 28.8 Å². The molecule has 0 spiro atoms. The Morgan fingerprint density at radius 2 is 1.57 bits per heavy atom. The second-order valence-electron chi connectivity index (χ2n) is 8.56. The highest BCUT2D eigenvalue weighted by molar-refractivity contribution is 9.10. The molecule has 0 aromatic heterocycles. The van der Waals surface area contributed by atoms with Crippen LogP contribution in [0.25, 0.3) is 0 Å². The van der Waals surface area contributed by atoms with Crippen LogP contribution in [0.3, 0.4) is 0 Å². The van der Waals surface area contributed by atoms with E-state index in [-0.39, 0.29) is 35.5 Å². The van der Waals surface area contributed by atoms with Crippen LogP contribution >= 0.6 is 15.9 Å². The highest BCUT2D eigenvalue weighted by Crippen LogP contribution is 2.65. The molecule has 3 fully saturated rings. The smallest absolute Gasteiger partial charge is 0.343 e. The minimum atomic E-state index is -0.491. The monoisotopic (exact) mass is 463 g/mol. The summed E-state index contributed by atoms with van der Waals surface area (Å²) in [6.45, 7) is 0. The van der Waals surface area contributed by atoms with Gasteiger partial charge in [0.15, 0.2) is 0 Å². The highest BCUT2D eigenvalue weighted by atomic mass is 79.9. The summed E-state index contributed by atoms with van der Waals surface area (Å²) in [5.74, 6) is 0.587. The molecule has 2 amide bonds. The molecule has 5 aliphatic rings. The van der Waals surface area contributed by atoms with Gasteiger partial charge in [0.25, 0.3) is 0 Å². The van der Waals surface area contributed by atoms with Gasteiger partial charge in [-0.1, -0.05) is 34.1 Å². The Labute approximate surface area is 181 Å². The molecule has 6 heteroatoms. The van der Waals surface area contributed by atoms with Crippen molar-refractivity contribution in [2.24, 2.45) is 35.5 Å². The predicted octanol–water partition coefficient (Wildman–Crippen LogP) is 4.23. The third-order valence-electron chi connectivity index (χ3n) is 7.03. The SMILES string of the molecule is O=C(Oc1cccc(N2C(=O)[C@@H]3[C@H]4C=C[C@@H]([C@@H]5C[C@@H]45)[C@H]3C2=O)c1)c1ccc(Br)cc1. The van der Waals surface area contributed by atoms with Crippen molar-refractivity contribution in [3.63, 3.8) is 0 Å². The summed E-state index contributed by atoms with van der Waals surface area (Å²) in [7, 11) is 0. The van der Waals surface area contributed by atoms with E-state index >= 15 is 0 Å². The molecule has 6 atom stereocenters. The third-order valence-corrected chi connectivity index (χ3v) is 7.56. The van der Waals surface area contributed by atoms with Crippen LogP contribution in [0.4, 0.5) is 5.69 Å². The van der Waals surface area contributed by atoms with Gasteiger partial charge in [-0.15, -0.1) is 0 Å². The number of allylic oxidation sites excluding steroid dienone is 2. The first-order valence-electron chi connectivity index (χ1n) is 10.2. The summed E-state index contributed by atoms with van der Waals surface area (Å²) in [6, 6.07) is 13.5. The predicted molar refractivity (Wildman–Crippen MR) is 113 cm³/mol. The quantitative estimate of drug-likeness (QED) is 0.295. The molecule has 1 heterocycles. The summed E-state index contributed by atoms with van der Waals surface area (Å²) in [4.78, 5) is 40.2. The van der Waals surface area contributed by atoms with Gasteiger partial charge in [-0.25, -0.2) is 9.69 Å². The maximum absolute atomic E-state index is 13.3. The van der Waals surface area contributed by atoms with Crippen molar-refractivity contribution in [1.29, 1.82) is 0 Å². The van der Waals surface area contributed by atoms with Crippen LogP contribution in [0.5, 0.6) is 5.75 Å². The zero-order valence-corrected chi connectivity index (χ0v) is 17.5. The molecule has 5 nitrogen and oxygen atoms in total. The van der Waals surface area contributed by atoms with Crippen molar-refractivity contribution < 1.29 is 19.1 Å². The Morgan fingerprint density at radius 1 is 0.933 bits per heavy atom. The number of anilines is 1. The molecule has 0 unspecified atom stereocenters. The number of halogens is 1. The van der Waals surface area contributed by atoms with Gasteiger partial charge in [0.05, 0.1) is 23.1 Å². The van der Waals surface area contributed by atoms with Crippen molar-refractivity contribution in [3.05, 3.63) is 70.7 Å². The first-order valence-corrected chi connectivity index (χ1v) is 11.0. The maximum atomic E-state index is 13.3. The van der Waals surface area contributed by atoms with Gasteiger partial charge in [0.2, 0.25) is 11.8 Å². The van der Waals surface area contributed by atoms with Crippen molar-refractivity contribution in [1.82, 2.24) is 0 Å². The number of benzene rings is 2. The second kappa shape index (κ2) is 6.38. The van der Waals surface area contributed by atoms with Crippen LogP contribution in [0.1, 0.15) is 16.8 Å². The first-order chi connectivity index (χ1) is 14.5. The number of hydrogen-bond donors (Lipinski definition) is 0. The molecule has 0 N–H and O–H groups in total. The van der Waals surface area contributed by atoms with E-state index < -0.39 is 5.97 Å². The van der Waals surface area contributed by atoms with Crippen LogP contribution in [0.15, 0.2) is 65.2 Å². The van der Waals surface area contributed by atoms with Crippen LogP contribution in [0.2, 0.25) is 0 Å². The van der Waals surface area contributed by atoms with Crippen molar-refractivity contribution in [2.45, 2.75) is 6.42 Å². The van der Waals surface area contributed by atoms with Gasteiger partial charge in [-0.3, -0.25) is 9.59 Å². The number of imide groups is 1. The molecule has 150 valence electrons. The Bertz CT molecular complexity index is 1090. The lowest BCUT2D eigenvalue weighted by Gasteiger charge is -2.37. The van der Waals surface area contributed by atoms with E-state index in [1.807, 2.05) is 0 Å². The van der Waals surface area contributed by atoms with Gasteiger partial charge in [-0.2, -0.15) is 0 Å². The highest BCUT2D eigenvalue weighted by Gasteiger charge is 2.67. The fraction of sp³-hybridized carbons (Fsp3) is 0.292. The molecular formula is C24H18BrNO4. The minimum absolute atomic E-state index is 0.119. The Kier molecular flexibility index (Phi) is 3.84. The van der Waals surface area contributed by atoms with E-state index in [1.165, 1.54) is 4.90 Å². The number of carbonyl (C=O) groups is 3. The fourth-order valence-corrected chi connectivity index (χ4v) is 5.91. The summed E-state index contributed by atoms with van der Waals surface area (Å²) in [6.07, 6.45) is 5.45. The largest absolute Gasteiger partial charge is 0.423 e. The van der Waals surface area contributed by atoms with Gasteiger partial charge in [0.1, 0.15) is 5.75 Å². The Balaban J connectivity index is 1.27. The van der Waals surface area contributed by atoms with E-state index in [1.54, 1.807) is 48.5 Å². The van der Waals surface area contributed by atoms with E-state index in [0.717, 1.165) is 10.9 Å². The van der Waals surface area contributed by atoms with Gasteiger partial charge < -0.3 is 4.74 Å². The number of hydrogen-bond acceptors (Lipinski definition) is 4. The minimum Gasteiger partial charge on any atom is -0.423 e. The second-order valence-corrected chi connectivity index (χ2v) is 9.48. The lowest BCUT2D eigenvalue weighted by Crippen LogP contribution is -2.40. The fourth-order valence-electron chi connectivity index (χ4n) is 5.65. The number of carbonyl (C=O) groups excluding carboxylic acids is 3. The molecule has 1 saturated heterocycles. The summed E-state index contributed by atoms with van der Waals surface area (Å²) in [5.41, 5.74) is 0.887. The third kappa shape index (κ3) is 2.56. The topological polar surface area (TPSA) is 63.7 Å². The zero-order valence-electron chi connectivity index (χ0n) is 15.9. The summed E-state index contributed by atoms with van der Waals surface area (Å²) in [5, 5.41) is 0. The van der Waals surface area contributed by atoms with Crippen LogP contribution < -0.4 is 9.64 Å². The van der Waals surface area contributed by atoms with E-state index in [9.17, 15) is 14.4 Å². The molecule has 1 aliphatic heterocycles. The van der Waals surface area contributed by atoms with Crippen LogP contribution in [0, 0.1) is 35.5 Å². The molecule has 30 heavy (non-hydrogen) atoms. The lowest BCUT2D eigenvalue weighted by atomic mass is 9.63.